The van der Waals surface area contributed by atoms with E-state index in [2.05, 4.69) is 4.98 Å². The molecule has 3 aromatic rings. The second kappa shape index (κ2) is 9.75. The maximum atomic E-state index is 12.0. The third kappa shape index (κ3) is 4.94. The number of methoxy groups -OCH3 is 3. The molecule has 0 fully saturated rings. The van der Waals surface area contributed by atoms with Crippen molar-refractivity contribution < 1.29 is 23.7 Å². The highest BCUT2D eigenvalue weighted by atomic mass is 32.1. The van der Waals surface area contributed by atoms with Gasteiger partial charge in [0.2, 0.25) is 0 Å². The Bertz CT molecular complexity index is 1010. The molecular formula is C22H21NO5S. The average Bonchev–Trinajstić information content (AvgIpc) is 3.24. The van der Waals surface area contributed by atoms with Crippen molar-refractivity contribution in [3.8, 4) is 27.8 Å². The molecule has 0 bridgehead atoms. The fourth-order valence-electron chi connectivity index (χ4n) is 2.71. The van der Waals surface area contributed by atoms with Gasteiger partial charge in [-0.2, -0.15) is 0 Å². The number of nitrogens with zero attached hydrogens (tertiary/aromatic N) is 1. The Kier molecular flexibility index (Phi) is 6.86. The second-order valence-electron chi connectivity index (χ2n) is 5.87. The monoisotopic (exact) mass is 411 g/mol. The molecule has 0 saturated carbocycles. The van der Waals surface area contributed by atoms with Crippen molar-refractivity contribution in [2.45, 2.75) is 6.61 Å². The molecule has 0 aliphatic rings. The predicted octanol–water partition coefficient (Wildman–Crippen LogP) is 4.59. The van der Waals surface area contributed by atoms with Gasteiger partial charge in [0, 0.05) is 17.0 Å². The van der Waals surface area contributed by atoms with Gasteiger partial charge in [0.15, 0.2) is 11.5 Å². The normalized spacial score (nSPS) is 10.7. The van der Waals surface area contributed by atoms with Crippen LogP contribution in [0.15, 0.2) is 53.9 Å². The summed E-state index contributed by atoms with van der Waals surface area (Å²) in [4.78, 5) is 16.6. The summed E-state index contributed by atoms with van der Waals surface area (Å²) in [5, 5.41) is 2.61. The average molecular weight is 411 g/mol. The summed E-state index contributed by atoms with van der Waals surface area (Å²) in [6.07, 6.45) is 3.03. The molecule has 2 aromatic carbocycles. The zero-order chi connectivity index (χ0) is 20.6. The summed E-state index contributed by atoms with van der Waals surface area (Å²) in [5.41, 5.74) is 2.28. The van der Waals surface area contributed by atoms with Crippen LogP contribution in [-0.4, -0.2) is 32.3 Å². The summed E-state index contributed by atoms with van der Waals surface area (Å²) in [6, 6.07) is 13.0. The molecule has 0 saturated heterocycles. The van der Waals surface area contributed by atoms with Crippen LogP contribution in [0.25, 0.3) is 16.6 Å². The van der Waals surface area contributed by atoms with Crippen LogP contribution in [0.4, 0.5) is 0 Å². The van der Waals surface area contributed by atoms with E-state index in [4.69, 9.17) is 18.9 Å². The minimum absolute atomic E-state index is 0.0812. The van der Waals surface area contributed by atoms with Gasteiger partial charge in [-0.15, -0.1) is 11.3 Å². The highest BCUT2D eigenvalue weighted by molar-refractivity contribution is 7.13. The van der Waals surface area contributed by atoms with E-state index in [-0.39, 0.29) is 6.61 Å². The Morgan fingerprint density at radius 1 is 1.00 bits per heavy atom. The molecule has 0 spiro atoms. The van der Waals surface area contributed by atoms with Crippen LogP contribution in [0, 0.1) is 0 Å². The molecule has 1 heterocycles. The third-order valence-corrected chi connectivity index (χ3v) is 5.01. The molecule has 150 valence electrons. The van der Waals surface area contributed by atoms with Gasteiger partial charge in [0.05, 0.1) is 32.6 Å². The van der Waals surface area contributed by atoms with Crippen molar-refractivity contribution >= 4 is 23.4 Å². The highest BCUT2D eigenvalue weighted by Gasteiger charge is 2.15. The molecule has 6 nitrogen and oxygen atoms in total. The van der Waals surface area contributed by atoms with Crippen molar-refractivity contribution in [3.63, 3.8) is 0 Å². The van der Waals surface area contributed by atoms with Crippen molar-refractivity contribution in [3.05, 3.63) is 65.2 Å². The van der Waals surface area contributed by atoms with E-state index < -0.39 is 5.97 Å². The van der Waals surface area contributed by atoms with E-state index in [1.54, 1.807) is 27.4 Å². The summed E-state index contributed by atoms with van der Waals surface area (Å²) in [7, 11) is 4.76. The van der Waals surface area contributed by atoms with Gasteiger partial charge >= 0.3 is 5.97 Å². The summed E-state index contributed by atoms with van der Waals surface area (Å²) < 4.78 is 21.3. The Hall–Kier alpha value is -3.32. The topological polar surface area (TPSA) is 66.9 Å². The Morgan fingerprint density at radius 2 is 1.76 bits per heavy atom. The number of aromatic nitrogens is 1. The van der Waals surface area contributed by atoms with Crippen LogP contribution in [0.3, 0.4) is 0 Å². The predicted molar refractivity (Wildman–Crippen MR) is 112 cm³/mol. The standard InChI is InChI=1S/C22H21NO5S/c1-25-18-9-5-4-7-15(18)11-12-20(24)28-13-16-14-29-22(23-16)17-8-6-10-19(26-2)21(17)27-3/h4-12,14H,13H2,1-3H3/b12-11+. The van der Waals surface area contributed by atoms with Crippen LogP contribution >= 0.6 is 11.3 Å². The summed E-state index contributed by atoms with van der Waals surface area (Å²) in [5.74, 6) is 1.49. The smallest absolute Gasteiger partial charge is 0.331 e. The van der Waals surface area contributed by atoms with Crippen LogP contribution < -0.4 is 14.2 Å². The van der Waals surface area contributed by atoms with Crippen molar-refractivity contribution in [1.29, 1.82) is 0 Å². The van der Waals surface area contributed by atoms with Crippen molar-refractivity contribution in [2.75, 3.05) is 21.3 Å². The van der Waals surface area contributed by atoms with Crippen LogP contribution in [-0.2, 0) is 16.1 Å². The number of carbonyl (C=O) groups excluding carboxylic acids is 1. The summed E-state index contributed by atoms with van der Waals surface area (Å²) >= 11 is 1.45. The minimum Gasteiger partial charge on any atom is -0.496 e. The lowest BCUT2D eigenvalue weighted by Crippen LogP contribution is -2.01. The maximum Gasteiger partial charge on any atom is 0.331 e. The van der Waals surface area contributed by atoms with Gasteiger partial charge in [-0.1, -0.05) is 24.3 Å². The number of hydrogen-bond donors (Lipinski definition) is 0. The van der Waals surface area contributed by atoms with Crippen LogP contribution in [0.5, 0.6) is 17.2 Å². The van der Waals surface area contributed by atoms with E-state index in [0.29, 0.717) is 22.9 Å². The van der Waals surface area contributed by atoms with Crippen LogP contribution in [0.1, 0.15) is 11.3 Å². The number of carbonyl (C=O) groups is 1. The fourth-order valence-corrected chi connectivity index (χ4v) is 3.53. The number of ether oxygens (including phenoxy) is 4. The van der Waals surface area contributed by atoms with E-state index >= 15 is 0 Å². The molecule has 0 atom stereocenters. The molecule has 0 aliphatic carbocycles. The lowest BCUT2D eigenvalue weighted by molar-refractivity contribution is -0.139. The van der Waals surface area contributed by atoms with Gasteiger partial charge in [0.1, 0.15) is 17.4 Å². The fraction of sp³-hybridized carbons (Fsp3) is 0.182. The maximum absolute atomic E-state index is 12.0. The molecule has 0 radical (unpaired) electrons. The Morgan fingerprint density at radius 3 is 2.52 bits per heavy atom. The molecule has 29 heavy (non-hydrogen) atoms. The quantitative estimate of drug-likeness (QED) is 0.399. The Labute approximate surface area is 173 Å². The summed E-state index contributed by atoms with van der Waals surface area (Å²) in [6.45, 7) is 0.0812. The molecule has 7 heteroatoms. The van der Waals surface area contributed by atoms with E-state index in [0.717, 1.165) is 16.1 Å². The lowest BCUT2D eigenvalue weighted by atomic mass is 10.2. The molecule has 0 N–H and O–H groups in total. The molecular weight excluding hydrogens is 390 g/mol. The SMILES string of the molecule is COc1ccccc1/C=C/C(=O)OCc1csc(-c2cccc(OC)c2OC)n1. The first-order valence-corrected chi connectivity index (χ1v) is 9.68. The molecule has 3 rings (SSSR count). The van der Waals surface area contributed by atoms with Crippen molar-refractivity contribution in [1.82, 2.24) is 4.98 Å². The van der Waals surface area contributed by atoms with Gasteiger partial charge < -0.3 is 18.9 Å². The number of esters is 1. The number of para-hydroxylation sites is 2. The highest BCUT2D eigenvalue weighted by Crippen LogP contribution is 2.39. The van der Waals surface area contributed by atoms with Crippen LogP contribution in [0.2, 0.25) is 0 Å². The van der Waals surface area contributed by atoms with Gasteiger partial charge in [0.25, 0.3) is 0 Å². The van der Waals surface area contributed by atoms with Gasteiger partial charge in [-0.3, -0.25) is 0 Å². The van der Waals surface area contributed by atoms with Crippen molar-refractivity contribution in [2.24, 2.45) is 0 Å². The van der Waals surface area contributed by atoms with E-state index in [1.807, 2.05) is 47.8 Å². The number of hydrogen-bond acceptors (Lipinski definition) is 7. The Balaban J connectivity index is 1.65. The zero-order valence-electron chi connectivity index (χ0n) is 16.4. The molecule has 1 aromatic heterocycles. The first-order chi connectivity index (χ1) is 14.2. The molecule has 0 aliphatic heterocycles. The second-order valence-corrected chi connectivity index (χ2v) is 6.73. The number of thiazole rings is 1. The zero-order valence-corrected chi connectivity index (χ0v) is 17.2. The van der Waals surface area contributed by atoms with E-state index in [9.17, 15) is 4.79 Å². The number of rotatable bonds is 8. The minimum atomic E-state index is -0.454. The largest absolute Gasteiger partial charge is 0.496 e. The number of benzene rings is 2. The molecule has 0 amide bonds. The first-order valence-electron chi connectivity index (χ1n) is 8.80. The first kappa shape index (κ1) is 20.4. The lowest BCUT2D eigenvalue weighted by Gasteiger charge is -2.10. The van der Waals surface area contributed by atoms with Gasteiger partial charge in [-0.05, 0) is 24.3 Å². The van der Waals surface area contributed by atoms with E-state index in [1.165, 1.54) is 17.4 Å². The third-order valence-electron chi connectivity index (χ3n) is 4.09. The van der Waals surface area contributed by atoms with Gasteiger partial charge in [-0.25, -0.2) is 9.78 Å². The molecule has 0 unspecified atom stereocenters.